The van der Waals surface area contributed by atoms with Crippen molar-refractivity contribution in [1.29, 1.82) is 0 Å². The van der Waals surface area contributed by atoms with Gasteiger partial charge in [-0.15, -0.1) is 0 Å². The van der Waals surface area contributed by atoms with E-state index in [-0.39, 0.29) is 30.2 Å². The highest BCUT2D eigenvalue weighted by Crippen LogP contribution is 2.41. The number of hydrogen-bond acceptors (Lipinski definition) is 8. The van der Waals surface area contributed by atoms with Crippen LogP contribution in [0.3, 0.4) is 0 Å². The van der Waals surface area contributed by atoms with Crippen molar-refractivity contribution in [3.8, 4) is 11.3 Å². The highest BCUT2D eigenvalue weighted by atomic mass is 16.6. The van der Waals surface area contributed by atoms with Crippen LogP contribution in [0.4, 0.5) is 16.4 Å². The number of benzene rings is 1. The zero-order valence-corrected chi connectivity index (χ0v) is 22.5. The summed E-state index contributed by atoms with van der Waals surface area (Å²) in [5.74, 6) is 0.0841. The maximum atomic E-state index is 12.8. The van der Waals surface area contributed by atoms with Gasteiger partial charge in [-0.2, -0.15) is 5.10 Å². The van der Waals surface area contributed by atoms with E-state index in [2.05, 4.69) is 15.4 Å². The number of carbonyl (C=O) groups excluding carboxylic acids is 2. The number of aromatic nitrogens is 4. The largest absolute Gasteiger partial charge is 0.465 e. The molecule has 200 valence electrons. The van der Waals surface area contributed by atoms with Crippen LogP contribution in [-0.4, -0.2) is 61.5 Å². The summed E-state index contributed by atoms with van der Waals surface area (Å²) >= 11 is 0. The third-order valence-electron chi connectivity index (χ3n) is 7.10. The molecule has 2 bridgehead atoms. The summed E-state index contributed by atoms with van der Waals surface area (Å²) in [6.07, 6.45) is 9.00. The molecule has 2 fully saturated rings. The molecular weight excluding hydrogens is 484 g/mol. The predicted octanol–water partition coefficient (Wildman–Crippen LogP) is 5.28. The first-order valence-electron chi connectivity index (χ1n) is 13.0. The fourth-order valence-electron chi connectivity index (χ4n) is 5.38. The summed E-state index contributed by atoms with van der Waals surface area (Å²) in [5.41, 5.74) is 3.35. The van der Waals surface area contributed by atoms with Crippen molar-refractivity contribution >= 4 is 23.7 Å². The van der Waals surface area contributed by atoms with E-state index in [0.717, 1.165) is 48.2 Å². The van der Waals surface area contributed by atoms with E-state index >= 15 is 0 Å². The second-order valence-corrected chi connectivity index (χ2v) is 11.0. The maximum absolute atomic E-state index is 12.8. The average molecular weight is 519 g/mol. The van der Waals surface area contributed by atoms with E-state index in [1.54, 1.807) is 24.5 Å². The standard InChI is InChI=1S/C28H34N6O4/c1-17-14-29-26(32-24(17)18-6-8-19(9-7-18)25(35)37-5)31-20-15-30-33(16-20)23-12-21-10-11-22(13-23)34(21)27(36)38-28(2,3)4/h6-9,14-16,21-23H,10-13H2,1-5H3,(H,29,31,32). The van der Waals surface area contributed by atoms with Gasteiger partial charge >= 0.3 is 12.1 Å². The number of methoxy groups -OCH3 is 1. The zero-order chi connectivity index (χ0) is 27.0. The van der Waals surface area contributed by atoms with Crippen LogP contribution in [0, 0.1) is 6.92 Å². The van der Waals surface area contributed by atoms with Crippen LogP contribution in [0.25, 0.3) is 11.3 Å². The molecule has 2 aliphatic rings. The Labute approximate surface area is 222 Å². The fraction of sp³-hybridized carbons (Fsp3) is 0.464. The van der Waals surface area contributed by atoms with Gasteiger partial charge < -0.3 is 19.7 Å². The van der Waals surface area contributed by atoms with Gasteiger partial charge in [0.1, 0.15) is 5.60 Å². The van der Waals surface area contributed by atoms with Gasteiger partial charge in [-0.3, -0.25) is 4.68 Å². The van der Waals surface area contributed by atoms with Crippen molar-refractivity contribution in [2.75, 3.05) is 12.4 Å². The van der Waals surface area contributed by atoms with Gasteiger partial charge in [0.15, 0.2) is 0 Å². The van der Waals surface area contributed by atoms with Crippen LogP contribution < -0.4 is 5.32 Å². The SMILES string of the molecule is COC(=O)c1ccc(-c2nc(Nc3cnn(C4CC5CCC(C4)N5C(=O)OC(C)(C)C)c3)ncc2C)cc1. The maximum Gasteiger partial charge on any atom is 0.410 e. The Kier molecular flexibility index (Phi) is 6.81. The predicted molar refractivity (Wildman–Crippen MR) is 142 cm³/mol. The molecule has 10 heteroatoms. The highest BCUT2D eigenvalue weighted by molar-refractivity contribution is 5.90. The molecule has 2 aromatic heterocycles. The molecule has 2 saturated heterocycles. The summed E-state index contributed by atoms with van der Waals surface area (Å²) in [4.78, 5) is 35.6. The van der Waals surface area contributed by atoms with E-state index in [0.29, 0.717) is 11.5 Å². The van der Waals surface area contributed by atoms with Crippen molar-refractivity contribution < 1.29 is 19.1 Å². The number of ether oxygens (including phenoxy) is 2. The van der Waals surface area contributed by atoms with Crippen LogP contribution in [-0.2, 0) is 9.47 Å². The number of piperidine rings is 1. The molecule has 2 aliphatic heterocycles. The van der Waals surface area contributed by atoms with Crippen LogP contribution in [0.2, 0.25) is 0 Å². The summed E-state index contributed by atoms with van der Waals surface area (Å²) in [5, 5.41) is 7.88. The smallest absolute Gasteiger partial charge is 0.410 e. The van der Waals surface area contributed by atoms with Crippen molar-refractivity contribution in [3.63, 3.8) is 0 Å². The Hall–Kier alpha value is -3.95. The molecule has 10 nitrogen and oxygen atoms in total. The van der Waals surface area contributed by atoms with Crippen molar-refractivity contribution in [1.82, 2.24) is 24.6 Å². The first-order valence-corrected chi connectivity index (χ1v) is 13.0. The van der Waals surface area contributed by atoms with Gasteiger partial charge in [0.05, 0.1) is 36.3 Å². The molecule has 4 heterocycles. The Morgan fingerprint density at radius 2 is 1.71 bits per heavy atom. The molecule has 1 N–H and O–H groups in total. The van der Waals surface area contributed by atoms with Crippen LogP contribution >= 0.6 is 0 Å². The van der Waals surface area contributed by atoms with Gasteiger partial charge in [-0.05, 0) is 71.1 Å². The number of nitrogens with zero attached hydrogens (tertiary/aromatic N) is 5. The number of aryl methyl sites for hydroxylation is 1. The number of amides is 1. The molecule has 3 aromatic rings. The molecule has 1 aromatic carbocycles. The van der Waals surface area contributed by atoms with E-state index in [1.165, 1.54) is 7.11 Å². The second kappa shape index (κ2) is 10.1. The normalized spacial score (nSPS) is 20.8. The van der Waals surface area contributed by atoms with E-state index in [9.17, 15) is 9.59 Å². The fourth-order valence-corrected chi connectivity index (χ4v) is 5.38. The topological polar surface area (TPSA) is 111 Å². The molecule has 0 saturated carbocycles. The minimum Gasteiger partial charge on any atom is -0.465 e. The first kappa shape index (κ1) is 25.7. The Morgan fingerprint density at radius 1 is 1.03 bits per heavy atom. The number of rotatable bonds is 5. The number of esters is 1. The molecule has 0 radical (unpaired) electrons. The number of fused-ring (bicyclic) bond motifs is 2. The lowest BCUT2D eigenvalue weighted by molar-refractivity contribution is 0.00230. The Balaban J connectivity index is 1.27. The van der Waals surface area contributed by atoms with E-state index in [1.807, 2.05) is 55.6 Å². The number of nitrogens with one attached hydrogen (secondary N) is 1. The third-order valence-corrected chi connectivity index (χ3v) is 7.10. The Morgan fingerprint density at radius 3 is 2.34 bits per heavy atom. The monoisotopic (exact) mass is 518 g/mol. The molecule has 2 atom stereocenters. The van der Waals surface area contributed by atoms with Gasteiger partial charge in [0.2, 0.25) is 5.95 Å². The van der Waals surface area contributed by atoms with Crippen molar-refractivity contribution in [2.45, 2.75) is 77.1 Å². The molecule has 1 amide bonds. The minimum atomic E-state index is -0.500. The van der Waals surface area contributed by atoms with Gasteiger partial charge in [-0.25, -0.2) is 19.6 Å². The molecule has 38 heavy (non-hydrogen) atoms. The lowest BCUT2D eigenvalue weighted by atomic mass is 9.98. The quantitative estimate of drug-likeness (QED) is 0.454. The van der Waals surface area contributed by atoms with Crippen molar-refractivity contribution in [3.05, 3.63) is 54.0 Å². The highest BCUT2D eigenvalue weighted by Gasteiger charge is 2.45. The first-order chi connectivity index (χ1) is 18.1. The summed E-state index contributed by atoms with van der Waals surface area (Å²) < 4.78 is 12.4. The molecule has 0 spiro atoms. The van der Waals surface area contributed by atoms with Gasteiger partial charge in [0.25, 0.3) is 0 Å². The van der Waals surface area contributed by atoms with E-state index in [4.69, 9.17) is 14.5 Å². The van der Waals surface area contributed by atoms with Crippen LogP contribution in [0.5, 0.6) is 0 Å². The number of carbonyl (C=O) groups is 2. The average Bonchev–Trinajstić information content (AvgIpc) is 3.45. The molecule has 2 unspecified atom stereocenters. The summed E-state index contributed by atoms with van der Waals surface area (Å²) in [6, 6.07) is 7.69. The van der Waals surface area contributed by atoms with Crippen LogP contribution in [0.15, 0.2) is 42.9 Å². The lowest BCUT2D eigenvalue weighted by Gasteiger charge is -2.39. The molecule has 0 aliphatic carbocycles. The number of hydrogen-bond donors (Lipinski definition) is 1. The summed E-state index contributed by atoms with van der Waals surface area (Å²) in [6.45, 7) is 7.65. The molecular formula is C28H34N6O4. The zero-order valence-electron chi connectivity index (χ0n) is 22.5. The second-order valence-electron chi connectivity index (χ2n) is 11.0. The van der Waals surface area contributed by atoms with E-state index < -0.39 is 5.60 Å². The number of anilines is 2. The van der Waals surface area contributed by atoms with Gasteiger partial charge in [0, 0.05) is 30.0 Å². The van der Waals surface area contributed by atoms with Crippen LogP contribution in [0.1, 0.15) is 68.4 Å². The molecule has 5 rings (SSSR count). The Bertz CT molecular complexity index is 1320. The summed E-state index contributed by atoms with van der Waals surface area (Å²) in [7, 11) is 1.36. The third kappa shape index (κ3) is 5.34. The van der Waals surface area contributed by atoms with Crippen molar-refractivity contribution in [2.24, 2.45) is 0 Å². The van der Waals surface area contributed by atoms with Gasteiger partial charge in [-0.1, -0.05) is 12.1 Å². The minimum absolute atomic E-state index is 0.169. The lowest BCUT2D eigenvalue weighted by Crippen LogP contribution is -2.48.